The highest BCUT2D eigenvalue weighted by Crippen LogP contribution is 2.25. The first kappa shape index (κ1) is 17.3. The number of esters is 1. The van der Waals surface area contributed by atoms with Crippen LogP contribution in [-0.4, -0.2) is 37.7 Å². The van der Waals surface area contributed by atoms with E-state index in [1.54, 1.807) is 31.2 Å². The topological polar surface area (TPSA) is 82.1 Å². The van der Waals surface area contributed by atoms with Crippen LogP contribution in [0.15, 0.2) is 36.4 Å². The van der Waals surface area contributed by atoms with Gasteiger partial charge in [-0.05, 0) is 30.7 Å². The highest BCUT2D eigenvalue weighted by atomic mass is 16.5. The molecule has 0 aliphatic heterocycles. The Morgan fingerprint density at radius 3 is 2.46 bits per heavy atom. The summed E-state index contributed by atoms with van der Waals surface area (Å²) in [7, 11) is 2.94. The highest BCUT2D eigenvalue weighted by molar-refractivity contribution is 6.02. The van der Waals surface area contributed by atoms with E-state index in [0.29, 0.717) is 17.1 Å². The maximum atomic E-state index is 12.3. The van der Waals surface area contributed by atoms with E-state index >= 15 is 0 Å². The zero-order valence-electron chi connectivity index (χ0n) is 13.7. The molecule has 0 radical (unpaired) electrons. The molecule has 0 aliphatic rings. The number of phenols is 1. The van der Waals surface area contributed by atoms with Crippen LogP contribution in [0.25, 0.3) is 0 Å². The molecule has 0 heterocycles. The minimum Gasteiger partial charge on any atom is -0.507 e. The van der Waals surface area contributed by atoms with E-state index in [9.17, 15) is 14.7 Å². The van der Waals surface area contributed by atoms with Crippen molar-refractivity contribution in [2.75, 3.05) is 20.8 Å². The first-order chi connectivity index (χ1) is 11.5. The summed E-state index contributed by atoms with van der Waals surface area (Å²) in [6.07, 6.45) is 0. The molecule has 0 aliphatic carbocycles. The first-order valence-electron chi connectivity index (χ1n) is 7.19. The quantitative estimate of drug-likeness (QED) is 0.648. The predicted octanol–water partition coefficient (Wildman–Crippen LogP) is 2.76. The van der Waals surface area contributed by atoms with E-state index in [-0.39, 0.29) is 16.9 Å². The van der Waals surface area contributed by atoms with Gasteiger partial charge in [-0.2, -0.15) is 0 Å². The van der Waals surface area contributed by atoms with Crippen molar-refractivity contribution in [3.05, 3.63) is 53.1 Å². The average molecular weight is 330 g/mol. The number of para-hydroxylation sites is 1. The number of phenolic OH excluding ortho intramolecular Hbond substituents is 1. The van der Waals surface area contributed by atoms with Gasteiger partial charge < -0.3 is 19.3 Å². The monoisotopic (exact) mass is 330 g/mol. The number of benzene rings is 2. The Bertz CT molecular complexity index is 766. The molecule has 2 aromatic rings. The number of rotatable bonds is 6. The lowest BCUT2D eigenvalue weighted by atomic mass is 10.1. The summed E-state index contributed by atoms with van der Waals surface area (Å²) >= 11 is 0. The Hall–Kier alpha value is -3.02. The zero-order chi connectivity index (χ0) is 17.7. The molecule has 126 valence electrons. The third kappa shape index (κ3) is 3.65. The fourth-order valence-electron chi connectivity index (χ4n) is 2.14. The van der Waals surface area contributed by atoms with Crippen molar-refractivity contribution in [3.8, 4) is 17.2 Å². The number of aryl methyl sites for hydroxylation is 1. The Morgan fingerprint density at radius 1 is 1.04 bits per heavy atom. The molecule has 0 aromatic heterocycles. The van der Waals surface area contributed by atoms with Gasteiger partial charge in [0, 0.05) is 6.07 Å². The molecule has 0 atom stereocenters. The molecule has 0 spiro atoms. The van der Waals surface area contributed by atoms with E-state index in [1.165, 1.54) is 26.4 Å². The lowest BCUT2D eigenvalue weighted by Gasteiger charge is -2.10. The van der Waals surface area contributed by atoms with Crippen LogP contribution < -0.4 is 9.47 Å². The SMILES string of the molecule is COc1ccc(C(=O)COC(=O)c2cccc(C)c2O)c(OC)c1. The summed E-state index contributed by atoms with van der Waals surface area (Å²) in [6.45, 7) is 1.20. The number of aromatic hydroxyl groups is 1. The van der Waals surface area contributed by atoms with Gasteiger partial charge in [-0.1, -0.05) is 12.1 Å². The van der Waals surface area contributed by atoms with Crippen LogP contribution in [0.5, 0.6) is 17.2 Å². The maximum Gasteiger partial charge on any atom is 0.342 e. The van der Waals surface area contributed by atoms with E-state index in [1.807, 2.05) is 0 Å². The van der Waals surface area contributed by atoms with Crippen molar-refractivity contribution < 1.29 is 28.9 Å². The Labute approximate surface area is 139 Å². The largest absolute Gasteiger partial charge is 0.507 e. The molecular weight excluding hydrogens is 312 g/mol. The Balaban J connectivity index is 2.10. The van der Waals surface area contributed by atoms with Crippen molar-refractivity contribution >= 4 is 11.8 Å². The van der Waals surface area contributed by atoms with Gasteiger partial charge in [-0.25, -0.2) is 4.79 Å². The molecule has 6 nitrogen and oxygen atoms in total. The minimum absolute atomic E-state index is 0.0181. The van der Waals surface area contributed by atoms with Crippen LogP contribution in [0.2, 0.25) is 0 Å². The lowest BCUT2D eigenvalue weighted by molar-refractivity contribution is 0.0471. The second-order valence-electron chi connectivity index (χ2n) is 5.04. The Morgan fingerprint density at radius 2 is 1.79 bits per heavy atom. The van der Waals surface area contributed by atoms with E-state index in [0.717, 1.165) is 0 Å². The fraction of sp³-hybridized carbons (Fsp3) is 0.222. The Kier molecular flexibility index (Phi) is 5.42. The molecule has 1 N–H and O–H groups in total. The van der Waals surface area contributed by atoms with Gasteiger partial charge in [0.25, 0.3) is 0 Å². The second-order valence-corrected chi connectivity index (χ2v) is 5.04. The van der Waals surface area contributed by atoms with Crippen LogP contribution >= 0.6 is 0 Å². The molecule has 0 saturated heterocycles. The molecule has 0 bridgehead atoms. The van der Waals surface area contributed by atoms with Crippen LogP contribution in [0.1, 0.15) is 26.3 Å². The number of hydrogen-bond donors (Lipinski definition) is 1. The highest BCUT2D eigenvalue weighted by Gasteiger charge is 2.18. The maximum absolute atomic E-state index is 12.3. The van der Waals surface area contributed by atoms with E-state index < -0.39 is 18.4 Å². The third-order valence-electron chi connectivity index (χ3n) is 3.50. The van der Waals surface area contributed by atoms with E-state index in [2.05, 4.69) is 0 Å². The van der Waals surface area contributed by atoms with Crippen molar-refractivity contribution in [1.82, 2.24) is 0 Å². The molecule has 0 amide bonds. The summed E-state index contributed by atoms with van der Waals surface area (Å²) in [6, 6.07) is 9.45. The molecule has 0 unspecified atom stereocenters. The summed E-state index contributed by atoms with van der Waals surface area (Å²) in [4.78, 5) is 24.3. The van der Waals surface area contributed by atoms with E-state index in [4.69, 9.17) is 14.2 Å². The number of carbonyl (C=O) groups excluding carboxylic acids is 2. The number of methoxy groups -OCH3 is 2. The number of hydrogen-bond acceptors (Lipinski definition) is 6. The van der Waals surface area contributed by atoms with Crippen molar-refractivity contribution in [1.29, 1.82) is 0 Å². The van der Waals surface area contributed by atoms with Crippen molar-refractivity contribution in [3.63, 3.8) is 0 Å². The summed E-state index contributed by atoms with van der Waals surface area (Å²) < 4.78 is 15.2. The van der Waals surface area contributed by atoms with Crippen LogP contribution in [-0.2, 0) is 4.74 Å². The molecular formula is C18H18O6. The standard InChI is InChI=1S/C18H18O6/c1-11-5-4-6-14(17(11)20)18(21)24-10-15(19)13-8-7-12(22-2)9-16(13)23-3/h4-9,20H,10H2,1-3H3. The first-order valence-corrected chi connectivity index (χ1v) is 7.19. The number of carbonyl (C=O) groups is 2. The van der Waals surface area contributed by atoms with Crippen LogP contribution in [0.4, 0.5) is 0 Å². The predicted molar refractivity (Wildman–Crippen MR) is 87.0 cm³/mol. The van der Waals surface area contributed by atoms with Crippen molar-refractivity contribution in [2.24, 2.45) is 0 Å². The smallest absolute Gasteiger partial charge is 0.342 e. The van der Waals surface area contributed by atoms with Gasteiger partial charge in [-0.3, -0.25) is 4.79 Å². The van der Waals surface area contributed by atoms with Gasteiger partial charge >= 0.3 is 5.97 Å². The number of ether oxygens (including phenoxy) is 3. The molecule has 6 heteroatoms. The second kappa shape index (κ2) is 7.50. The average Bonchev–Trinajstić information content (AvgIpc) is 2.61. The summed E-state index contributed by atoms with van der Waals surface area (Å²) in [5.74, 6) is -0.470. The van der Waals surface area contributed by atoms with Gasteiger partial charge in [0.2, 0.25) is 5.78 Å². The minimum atomic E-state index is -0.767. The van der Waals surface area contributed by atoms with Crippen LogP contribution in [0, 0.1) is 6.92 Å². The number of Topliss-reactive ketones (excluding diaryl/α,β-unsaturated/α-hetero) is 1. The number of ketones is 1. The molecule has 24 heavy (non-hydrogen) atoms. The van der Waals surface area contributed by atoms with Gasteiger partial charge in [0.1, 0.15) is 22.8 Å². The summed E-state index contributed by atoms with van der Waals surface area (Å²) in [5.41, 5.74) is 0.844. The zero-order valence-corrected chi connectivity index (χ0v) is 13.7. The molecule has 0 fully saturated rings. The third-order valence-corrected chi connectivity index (χ3v) is 3.50. The molecule has 2 rings (SSSR count). The van der Waals surface area contributed by atoms with Gasteiger partial charge in [-0.15, -0.1) is 0 Å². The fourth-order valence-corrected chi connectivity index (χ4v) is 2.14. The normalized spacial score (nSPS) is 10.1. The lowest BCUT2D eigenvalue weighted by Crippen LogP contribution is -2.15. The summed E-state index contributed by atoms with van der Waals surface area (Å²) in [5, 5.41) is 9.87. The molecule has 2 aromatic carbocycles. The van der Waals surface area contributed by atoms with Gasteiger partial charge in [0.05, 0.1) is 19.8 Å². The molecule has 0 saturated carbocycles. The van der Waals surface area contributed by atoms with Crippen molar-refractivity contribution in [2.45, 2.75) is 6.92 Å². The van der Waals surface area contributed by atoms with Crippen LogP contribution in [0.3, 0.4) is 0 Å². The van der Waals surface area contributed by atoms with Gasteiger partial charge in [0.15, 0.2) is 6.61 Å².